The van der Waals surface area contributed by atoms with Crippen LogP contribution in [-0.2, 0) is 7.05 Å². The van der Waals surface area contributed by atoms with Crippen molar-refractivity contribution in [1.82, 2.24) is 9.88 Å². The summed E-state index contributed by atoms with van der Waals surface area (Å²) in [7, 11) is 1.85. The molecule has 1 atom stereocenters. The molecule has 0 saturated carbocycles. The van der Waals surface area contributed by atoms with Gasteiger partial charge in [-0.1, -0.05) is 13.8 Å². The molecule has 1 rings (SSSR count). The van der Waals surface area contributed by atoms with Gasteiger partial charge in [-0.2, -0.15) is 0 Å². The average Bonchev–Trinajstić information content (AvgIpc) is 2.56. The fraction of sp³-hybridized carbons (Fsp3) is 0.583. The second-order valence-corrected chi connectivity index (χ2v) is 5.61. The van der Waals surface area contributed by atoms with Crippen LogP contribution in [0.1, 0.15) is 30.8 Å². The first kappa shape index (κ1) is 14.3. The van der Waals surface area contributed by atoms with Crippen LogP contribution in [0, 0.1) is 5.92 Å². The van der Waals surface area contributed by atoms with Crippen molar-refractivity contribution in [1.29, 1.82) is 0 Å². The van der Waals surface area contributed by atoms with Crippen molar-refractivity contribution < 1.29 is 4.79 Å². The Hall–Kier alpha value is -0.810. The summed E-state index contributed by atoms with van der Waals surface area (Å²) in [6, 6.07) is 1.84. The number of nitrogens with zero attached hydrogens (tertiary/aromatic N) is 1. The van der Waals surface area contributed by atoms with Crippen molar-refractivity contribution in [2.24, 2.45) is 18.7 Å². The van der Waals surface area contributed by atoms with E-state index >= 15 is 0 Å². The number of carbonyl (C=O) groups excluding carboxylic acids is 1. The van der Waals surface area contributed by atoms with Gasteiger partial charge in [0.2, 0.25) is 0 Å². The monoisotopic (exact) mass is 301 g/mol. The van der Waals surface area contributed by atoms with Crippen molar-refractivity contribution in [3.05, 3.63) is 22.4 Å². The molecular weight excluding hydrogens is 282 g/mol. The molecule has 17 heavy (non-hydrogen) atoms. The molecule has 4 nitrogen and oxygen atoms in total. The molecular formula is C12H20BrN3O. The Morgan fingerprint density at radius 1 is 1.59 bits per heavy atom. The number of hydrogen-bond donors (Lipinski definition) is 2. The summed E-state index contributed by atoms with van der Waals surface area (Å²) in [6.07, 6.45) is 2.75. The Labute approximate surface area is 111 Å². The van der Waals surface area contributed by atoms with E-state index in [-0.39, 0.29) is 11.9 Å². The molecule has 0 bridgehead atoms. The molecule has 0 spiro atoms. The molecule has 1 unspecified atom stereocenters. The summed E-state index contributed by atoms with van der Waals surface area (Å²) in [5.74, 6) is 0.443. The van der Waals surface area contributed by atoms with Crippen molar-refractivity contribution >= 4 is 21.8 Å². The minimum atomic E-state index is -0.0747. The van der Waals surface area contributed by atoms with E-state index in [0.29, 0.717) is 18.2 Å². The van der Waals surface area contributed by atoms with Crippen LogP contribution < -0.4 is 11.1 Å². The molecule has 0 saturated heterocycles. The highest BCUT2D eigenvalue weighted by Crippen LogP contribution is 2.14. The fourth-order valence-electron chi connectivity index (χ4n) is 1.79. The highest BCUT2D eigenvalue weighted by atomic mass is 79.9. The fourth-order valence-corrected chi connectivity index (χ4v) is 2.32. The van der Waals surface area contributed by atoms with Gasteiger partial charge in [-0.25, -0.2) is 0 Å². The summed E-state index contributed by atoms with van der Waals surface area (Å²) < 4.78 is 2.70. The first-order valence-electron chi connectivity index (χ1n) is 5.76. The molecule has 5 heteroatoms. The zero-order valence-electron chi connectivity index (χ0n) is 10.5. The van der Waals surface area contributed by atoms with Crippen LogP contribution in [0.2, 0.25) is 0 Å². The number of amides is 1. The number of halogens is 1. The van der Waals surface area contributed by atoms with Crippen molar-refractivity contribution in [2.75, 3.05) is 6.54 Å². The molecule has 1 aromatic rings. The predicted octanol–water partition coefficient (Wildman–Crippen LogP) is 1.89. The maximum absolute atomic E-state index is 12.0. The quantitative estimate of drug-likeness (QED) is 0.872. The highest BCUT2D eigenvalue weighted by molar-refractivity contribution is 9.10. The molecule has 0 aromatic carbocycles. The van der Waals surface area contributed by atoms with E-state index in [4.69, 9.17) is 5.73 Å². The van der Waals surface area contributed by atoms with Gasteiger partial charge in [0, 0.05) is 30.3 Å². The largest absolute Gasteiger partial charge is 0.347 e. The Kier molecular flexibility index (Phi) is 5.21. The molecule has 1 heterocycles. The summed E-state index contributed by atoms with van der Waals surface area (Å²) in [5.41, 5.74) is 6.30. The van der Waals surface area contributed by atoms with E-state index in [0.717, 1.165) is 10.9 Å². The highest BCUT2D eigenvalue weighted by Gasteiger charge is 2.16. The molecule has 96 valence electrons. The van der Waals surface area contributed by atoms with Gasteiger partial charge >= 0.3 is 0 Å². The number of hydrogen-bond acceptors (Lipinski definition) is 2. The topological polar surface area (TPSA) is 60.0 Å². The lowest BCUT2D eigenvalue weighted by Crippen LogP contribution is -2.41. The lowest BCUT2D eigenvalue weighted by molar-refractivity contribution is 0.0925. The van der Waals surface area contributed by atoms with Gasteiger partial charge in [0.15, 0.2) is 0 Å². The van der Waals surface area contributed by atoms with Crippen LogP contribution in [0.25, 0.3) is 0 Å². The van der Waals surface area contributed by atoms with Crippen LogP contribution in [-0.4, -0.2) is 23.1 Å². The second-order valence-electron chi connectivity index (χ2n) is 4.69. The number of rotatable bonds is 5. The molecule has 0 aliphatic carbocycles. The van der Waals surface area contributed by atoms with E-state index in [9.17, 15) is 4.79 Å². The van der Waals surface area contributed by atoms with E-state index in [2.05, 4.69) is 35.1 Å². The van der Waals surface area contributed by atoms with Crippen LogP contribution in [0.15, 0.2) is 16.7 Å². The third-order valence-electron chi connectivity index (χ3n) is 2.58. The summed E-state index contributed by atoms with van der Waals surface area (Å²) >= 11 is 3.35. The number of aryl methyl sites for hydroxylation is 1. The standard InChI is InChI=1S/C12H20BrN3O/c1-8(2)4-10(6-14)15-12(17)11-5-9(13)7-16(11)3/h5,7-8,10H,4,6,14H2,1-3H3,(H,15,17). The van der Waals surface area contributed by atoms with Crippen LogP contribution in [0.5, 0.6) is 0 Å². The molecule has 0 aliphatic rings. The zero-order valence-corrected chi connectivity index (χ0v) is 12.1. The summed E-state index contributed by atoms with van der Waals surface area (Å²) in [4.78, 5) is 12.0. The molecule has 0 fully saturated rings. The molecule has 1 amide bonds. The first-order chi connectivity index (χ1) is 7.93. The van der Waals surface area contributed by atoms with Gasteiger partial charge in [0.05, 0.1) is 0 Å². The Morgan fingerprint density at radius 2 is 2.24 bits per heavy atom. The van der Waals surface area contributed by atoms with E-state index in [1.54, 1.807) is 10.6 Å². The van der Waals surface area contributed by atoms with Gasteiger partial charge in [0.25, 0.3) is 5.91 Å². The average molecular weight is 302 g/mol. The van der Waals surface area contributed by atoms with Gasteiger partial charge in [-0.05, 0) is 34.3 Å². The lowest BCUT2D eigenvalue weighted by atomic mass is 10.0. The minimum absolute atomic E-state index is 0.0381. The summed E-state index contributed by atoms with van der Waals surface area (Å²) in [5, 5.41) is 2.96. The third-order valence-corrected chi connectivity index (χ3v) is 3.01. The number of carbonyl (C=O) groups is 1. The smallest absolute Gasteiger partial charge is 0.268 e. The normalized spacial score (nSPS) is 12.8. The first-order valence-corrected chi connectivity index (χ1v) is 6.56. The van der Waals surface area contributed by atoms with Gasteiger partial charge in [-0.3, -0.25) is 4.79 Å². The van der Waals surface area contributed by atoms with E-state index in [1.165, 1.54) is 0 Å². The number of aromatic nitrogens is 1. The number of nitrogens with two attached hydrogens (primary N) is 1. The molecule has 0 aliphatic heterocycles. The SMILES string of the molecule is CC(C)CC(CN)NC(=O)c1cc(Br)cn1C. The number of nitrogens with one attached hydrogen (secondary N) is 1. The Morgan fingerprint density at radius 3 is 2.65 bits per heavy atom. The maximum Gasteiger partial charge on any atom is 0.268 e. The van der Waals surface area contributed by atoms with E-state index < -0.39 is 0 Å². The second kappa shape index (κ2) is 6.21. The van der Waals surface area contributed by atoms with Crippen LogP contribution in [0.4, 0.5) is 0 Å². The lowest BCUT2D eigenvalue weighted by Gasteiger charge is -2.18. The van der Waals surface area contributed by atoms with Crippen LogP contribution >= 0.6 is 15.9 Å². The molecule has 3 N–H and O–H groups in total. The van der Waals surface area contributed by atoms with Crippen LogP contribution in [0.3, 0.4) is 0 Å². The van der Waals surface area contributed by atoms with Gasteiger partial charge < -0.3 is 15.6 Å². The Bertz CT molecular complexity index is 387. The van der Waals surface area contributed by atoms with Gasteiger partial charge in [-0.15, -0.1) is 0 Å². The third kappa shape index (κ3) is 4.16. The van der Waals surface area contributed by atoms with E-state index in [1.807, 2.05) is 13.2 Å². The van der Waals surface area contributed by atoms with Crippen molar-refractivity contribution in [3.8, 4) is 0 Å². The van der Waals surface area contributed by atoms with Gasteiger partial charge in [0.1, 0.15) is 5.69 Å². The van der Waals surface area contributed by atoms with Crippen molar-refractivity contribution in [3.63, 3.8) is 0 Å². The minimum Gasteiger partial charge on any atom is -0.347 e. The molecule has 1 aromatic heterocycles. The maximum atomic E-state index is 12.0. The zero-order chi connectivity index (χ0) is 13.0. The Balaban J connectivity index is 2.67. The summed E-state index contributed by atoms with van der Waals surface area (Å²) in [6.45, 7) is 4.71. The predicted molar refractivity (Wildman–Crippen MR) is 72.9 cm³/mol. The van der Waals surface area contributed by atoms with Crippen molar-refractivity contribution in [2.45, 2.75) is 26.3 Å². The molecule has 0 radical (unpaired) electrons.